The van der Waals surface area contributed by atoms with Gasteiger partial charge in [-0.1, -0.05) is 6.92 Å². The van der Waals surface area contributed by atoms with E-state index in [0.29, 0.717) is 26.1 Å². The number of carbonyl (C=O) groups is 1. The number of piperazine rings is 1. The Balaban J connectivity index is 2.79. The fourth-order valence-electron chi connectivity index (χ4n) is 1.76. The fraction of sp³-hybridized carbons (Fsp3) is 0.889. The van der Waals surface area contributed by atoms with Crippen LogP contribution in [0.15, 0.2) is 0 Å². The van der Waals surface area contributed by atoms with E-state index >= 15 is 0 Å². The normalized spacial score (nSPS) is 23.1. The summed E-state index contributed by atoms with van der Waals surface area (Å²) in [7, 11) is -1.63. The van der Waals surface area contributed by atoms with Crippen molar-refractivity contribution in [1.82, 2.24) is 14.9 Å². The van der Waals surface area contributed by atoms with Crippen molar-refractivity contribution in [1.29, 1.82) is 0 Å². The van der Waals surface area contributed by atoms with Crippen molar-refractivity contribution in [3.8, 4) is 0 Å². The molecule has 16 heavy (non-hydrogen) atoms. The minimum absolute atomic E-state index is 0.0350. The predicted molar refractivity (Wildman–Crippen MR) is 61.5 cm³/mol. The smallest absolute Gasteiger partial charge is 0.238 e. The van der Waals surface area contributed by atoms with Crippen LogP contribution in [0.3, 0.4) is 0 Å². The molecular weight excluding hydrogens is 230 g/mol. The summed E-state index contributed by atoms with van der Waals surface area (Å²) in [6, 6.07) is -0.546. The number of rotatable bonds is 5. The van der Waals surface area contributed by atoms with E-state index in [2.05, 4.69) is 10.6 Å². The van der Waals surface area contributed by atoms with Gasteiger partial charge in [0.1, 0.15) is 6.04 Å². The Morgan fingerprint density at radius 1 is 1.56 bits per heavy atom. The van der Waals surface area contributed by atoms with Crippen LogP contribution in [0.25, 0.3) is 0 Å². The van der Waals surface area contributed by atoms with Gasteiger partial charge in [-0.3, -0.25) is 4.79 Å². The quantitative estimate of drug-likeness (QED) is 0.638. The first-order valence-electron chi connectivity index (χ1n) is 5.44. The molecule has 1 unspecified atom stereocenters. The van der Waals surface area contributed by atoms with E-state index in [0.717, 1.165) is 0 Å². The molecule has 1 amide bonds. The molecule has 6 nitrogen and oxygen atoms in total. The molecule has 1 heterocycles. The Bertz CT molecular complexity index is 342. The molecule has 94 valence electrons. The first-order chi connectivity index (χ1) is 7.53. The second-order valence-electron chi connectivity index (χ2n) is 3.75. The highest BCUT2D eigenvalue weighted by atomic mass is 32.2. The third-order valence-electron chi connectivity index (χ3n) is 2.64. The Morgan fingerprint density at radius 2 is 2.25 bits per heavy atom. The number of hydrogen-bond donors (Lipinski definition) is 2. The molecule has 0 aliphatic carbocycles. The van der Waals surface area contributed by atoms with Gasteiger partial charge in [0, 0.05) is 19.6 Å². The molecule has 1 rings (SSSR count). The molecule has 0 radical (unpaired) electrons. The lowest BCUT2D eigenvalue weighted by Gasteiger charge is -2.33. The van der Waals surface area contributed by atoms with Crippen molar-refractivity contribution < 1.29 is 13.2 Å². The summed E-state index contributed by atoms with van der Waals surface area (Å²) in [5.41, 5.74) is 0. The zero-order valence-corrected chi connectivity index (χ0v) is 10.5. The van der Waals surface area contributed by atoms with Crippen LogP contribution in [0, 0.1) is 0 Å². The van der Waals surface area contributed by atoms with Gasteiger partial charge in [-0.05, 0) is 13.5 Å². The average Bonchev–Trinajstić information content (AvgIpc) is 2.26. The zero-order valence-electron chi connectivity index (χ0n) is 9.69. The van der Waals surface area contributed by atoms with Gasteiger partial charge in [0.05, 0.1) is 5.75 Å². The molecule has 1 atom stereocenters. The van der Waals surface area contributed by atoms with Gasteiger partial charge >= 0.3 is 0 Å². The van der Waals surface area contributed by atoms with Crippen molar-refractivity contribution in [2.45, 2.75) is 19.4 Å². The first kappa shape index (κ1) is 13.4. The average molecular weight is 249 g/mol. The predicted octanol–water partition coefficient (Wildman–Crippen LogP) is -1.25. The lowest BCUT2D eigenvalue weighted by molar-refractivity contribution is -0.126. The molecule has 0 aromatic carbocycles. The second-order valence-corrected chi connectivity index (χ2v) is 5.79. The van der Waals surface area contributed by atoms with Crippen molar-refractivity contribution in [2.75, 3.05) is 32.4 Å². The van der Waals surface area contributed by atoms with Gasteiger partial charge in [0.25, 0.3) is 0 Å². The van der Waals surface area contributed by atoms with E-state index in [1.54, 1.807) is 7.05 Å². The number of nitrogens with one attached hydrogen (secondary N) is 2. The van der Waals surface area contributed by atoms with Crippen molar-refractivity contribution >= 4 is 15.9 Å². The second kappa shape index (κ2) is 5.60. The summed E-state index contributed by atoms with van der Waals surface area (Å²) in [6.45, 7) is 2.98. The van der Waals surface area contributed by atoms with E-state index in [-0.39, 0.29) is 11.7 Å². The molecule has 0 bridgehead atoms. The van der Waals surface area contributed by atoms with Gasteiger partial charge in [-0.25, -0.2) is 8.42 Å². The van der Waals surface area contributed by atoms with Crippen LogP contribution in [0.2, 0.25) is 0 Å². The number of amides is 1. The molecule has 2 N–H and O–H groups in total. The Labute approximate surface area is 96.4 Å². The van der Waals surface area contributed by atoms with E-state index in [1.807, 2.05) is 6.92 Å². The SMILES string of the molecule is CCC1C(=O)NCCN1S(=O)(=O)CCNC. The molecule has 0 spiro atoms. The van der Waals surface area contributed by atoms with Gasteiger partial charge < -0.3 is 10.6 Å². The van der Waals surface area contributed by atoms with E-state index in [4.69, 9.17) is 0 Å². The summed E-state index contributed by atoms with van der Waals surface area (Å²) in [5.74, 6) is -0.158. The molecule has 1 saturated heterocycles. The monoisotopic (exact) mass is 249 g/mol. The molecular formula is C9H19N3O3S. The third kappa shape index (κ3) is 2.93. The van der Waals surface area contributed by atoms with E-state index < -0.39 is 16.1 Å². The van der Waals surface area contributed by atoms with Gasteiger partial charge in [-0.2, -0.15) is 4.31 Å². The molecule has 0 aromatic rings. The Morgan fingerprint density at radius 3 is 2.81 bits per heavy atom. The van der Waals surface area contributed by atoms with Crippen LogP contribution in [0.1, 0.15) is 13.3 Å². The molecule has 1 aliphatic heterocycles. The topological polar surface area (TPSA) is 78.5 Å². The van der Waals surface area contributed by atoms with Crippen LogP contribution in [0.4, 0.5) is 0 Å². The van der Waals surface area contributed by atoms with Crippen LogP contribution in [0.5, 0.6) is 0 Å². The maximum Gasteiger partial charge on any atom is 0.238 e. The maximum atomic E-state index is 12.0. The summed E-state index contributed by atoms with van der Waals surface area (Å²) in [4.78, 5) is 11.5. The Hall–Kier alpha value is -0.660. The highest BCUT2D eigenvalue weighted by molar-refractivity contribution is 7.89. The van der Waals surface area contributed by atoms with Crippen LogP contribution >= 0.6 is 0 Å². The zero-order chi connectivity index (χ0) is 12.2. The van der Waals surface area contributed by atoms with E-state index in [9.17, 15) is 13.2 Å². The van der Waals surface area contributed by atoms with Crippen molar-refractivity contribution in [2.24, 2.45) is 0 Å². The van der Waals surface area contributed by atoms with Gasteiger partial charge in [0.2, 0.25) is 15.9 Å². The van der Waals surface area contributed by atoms with Crippen molar-refractivity contribution in [3.05, 3.63) is 0 Å². The lowest BCUT2D eigenvalue weighted by atomic mass is 10.2. The van der Waals surface area contributed by atoms with E-state index in [1.165, 1.54) is 4.31 Å². The third-order valence-corrected chi connectivity index (χ3v) is 4.51. The highest BCUT2D eigenvalue weighted by Gasteiger charge is 2.35. The fourth-order valence-corrected chi connectivity index (χ4v) is 3.46. The minimum Gasteiger partial charge on any atom is -0.353 e. The highest BCUT2D eigenvalue weighted by Crippen LogP contribution is 2.13. The van der Waals surface area contributed by atoms with Crippen LogP contribution in [-0.4, -0.2) is 57.1 Å². The Kier molecular flexibility index (Phi) is 4.69. The standard InChI is InChI=1S/C9H19N3O3S/c1-3-8-9(13)11-4-6-12(8)16(14,15)7-5-10-2/h8,10H,3-7H2,1-2H3,(H,11,13). The summed E-state index contributed by atoms with van der Waals surface area (Å²) in [6.07, 6.45) is 0.505. The molecule has 0 aromatic heterocycles. The molecule has 1 fully saturated rings. The van der Waals surface area contributed by atoms with Crippen LogP contribution in [-0.2, 0) is 14.8 Å². The lowest BCUT2D eigenvalue weighted by Crippen LogP contribution is -2.57. The first-order valence-corrected chi connectivity index (χ1v) is 7.05. The van der Waals surface area contributed by atoms with Gasteiger partial charge in [0.15, 0.2) is 0 Å². The summed E-state index contributed by atoms with van der Waals surface area (Å²) < 4.78 is 25.3. The minimum atomic E-state index is -3.33. The summed E-state index contributed by atoms with van der Waals surface area (Å²) >= 11 is 0. The van der Waals surface area contributed by atoms with Gasteiger partial charge in [-0.15, -0.1) is 0 Å². The maximum absolute atomic E-state index is 12.0. The number of carbonyl (C=O) groups excluding carboxylic acids is 1. The van der Waals surface area contributed by atoms with Crippen LogP contribution < -0.4 is 10.6 Å². The largest absolute Gasteiger partial charge is 0.353 e. The molecule has 7 heteroatoms. The number of hydrogen-bond acceptors (Lipinski definition) is 4. The molecule has 1 aliphatic rings. The number of sulfonamides is 1. The van der Waals surface area contributed by atoms with Crippen molar-refractivity contribution in [3.63, 3.8) is 0 Å². The molecule has 0 saturated carbocycles. The number of nitrogens with zero attached hydrogens (tertiary/aromatic N) is 1. The summed E-state index contributed by atoms with van der Waals surface area (Å²) in [5, 5.41) is 5.48.